The molecule has 22 heavy (non-hydrogen) atoms. The van der Waals surface area contributed by atoms with Gasteiger partial charge in [0.25, 0.3) is 0 Å². The Labute approximate surface area is 140 Å². The van der Waals surface area contributed by atoms with Gasteiger partial charge in [-0.1, -0.05) is 116 Å². The largest absolute Gasteiger partial charge is 0.400 e. The third-order valence-corrected chi connectivity index (χ3v) is 4.50. The molecule has 0 aromatic carbocycles. The average Bonchev–Trinajstić information content (AvgIpc) is 2.59. The Morgan fingerprint density at radius 3 is 0.318 bits per heavy atom. The van der Waals surface area contributed by atoms with Crippen molar-refractivity contribution in [2.24, 2.45) is 0 Å². The van der Waals surface area contributed by atoms with E-state index in [1.54, 1.807) is 0 Å². The van der Waals surface area contributed by atoms with Gasteiger partial charge in [-0.2, -0.15) is 0 Å². The molecular formula is C20H44O2. The number of hydrogen-bond donors (Lipinski definition) is 2. The second kappa shape index (κ2) is 25.9. The second-order valence-corrected chi connectivity index (χ2v) is 6.36. The predicted molar refractivity (Wildman–Crippen MR) is 99.4 cm³/mol. The average molecular weight is 317 g/mol. The molecule has 0 amide bonds. The van der Waals surface area contributed by atoms with E-state index in [4.69, 9.17) is 10.2 Å². The molecule has 1 aliphatic carbocycles. The molecule has 1 saturated carbocycles. The van der Waals surface area contributed by atoms with Crippen LogP contribution in [0.15, 0.2) is 0 Å². The molecule has 1 rings (SSSR count). The van der Waals surface area contributed by atoms with Crippen molar-refractivity contribution in [1.82, 2.24) is 0 Å². The van der Waals surface area contributed by atoms with Gasteiger partial charge in [0.15, 0.2) is 0 Å². The lowest BCUT2D eigenvalue weighted by Gasteiger charge is -2.05. The summed E-state index contributed by atoms with van der Waals surface area (Å²) in [5.74, 6) is 0. The molecule has 2 N–H and O–H groups in total. The summed E-state index contributed by atoms with van der Waals surface area (Å²) in [6.45, 7) is 0. The SMILES string of the molecule is C1CCCCCCCCCCCCCCCCC1.CO.CO. The van der Waals surface area contributed by atoms with Gasteiger partial charge in [-0.15, -0.1) is 0 Å². The van der Waals surface area contributed by atoms with Crippen LogP contribution < -0.4 is 0 Å². The van der Waals surface area contributed by atoms with E-state index in [-0.39, 0.29) is 0 Å². The fourth-order valence-corrected chi connectivity index (χ4v) is 3.18. The zero-order valence-corrected chi connectivity index (χ0v) is 15.6. The highest BCUT2D eigenvalue weighted by Gasteiger charge is 1.96. The third kappa shape index (κ3) is 22.2. The van der Waals surface area contributed by atoms with E-state index in [0.29, 0.717) is 0 Å². The number of hydrogen-bond acceptors (Lipinski definition) is 2. The Balaban J connectivity index is 0. The van der Waals surface area contributed by atoms with E-state index in [2.05, 4.69) is 0 Å². The lowest BCUT2D eigenvalue weighted by Crippen LogP contribution is -1.85. The summed E-state index contributed by atoms with van der Waals surface area (Å²) in [5.41, 5.74) is 0. The topological polar surface area (TPSA) is 40.5 Å². The molecule has 0 heterocycles. The Hall–Kier alpha value is -0.0800. The first-order chi connectivity index (χ1) is 11.0. The first kappa shape index (κ1) is 24.2. The maximum Gasteiger partial charge on any atom is 0.0319 e. The maximum atomic E-state index is 7.00. The van der Waals surface area contributed by atoms with Gasteiger partial charge in [-0.05, 0) is 0 Å². The van der Waals surface area contributed by atoms with E-state index >= 15 is 0 Å². The van der Waals surface area contributed by atoms with Gasteiger partial charge < -0.3 is 10.2 Å². The zero-order valence-electron chi connectivity index (χ0n) is 15.6. The van der Waals surface area contributed by atoms with Crippen molar-refractivity contribution in [3.63, 3.8) is 0 Å². The molecule has 1 fully saturated rings. The summed E-state index contributed by atoms with van der Waals surface area (Å²) in [6, 6.07) is 0. The molecule has 0 aromatic heterocycles. The highest BCUT2D eigenvalue weighted by molar-refractivity contribution is 4.52. The van der Waals surface area contributed by atoms with Crippen LogP contribution in [0.1, 0.15) is 116 Å². The standard InChI is InChI=1S/C18H36.2CH4O/c1-2-4-6-8-10-12-14-16-18-17-15-13-11-9-7-5-3-1;2*1-2/h1-18H2;2*2H,1H3. The van der Waals surface area contributed by atoms with Crippen molar-refractivity contribution >= 4 is 0 Å². The summed E-state index contributed by atoms with van der Waals surface area (Å²) >= 11 is 0. The molecule has 2 heteroatoms. The lowest BCUT2D eigenvalue weighted by molar-refractivity contribution is 0.399. The monoisotopic (exact) mass is 316 g/mol. The fourth-order valence-electron chi connectivity index (χ4n) is 3.18. The first-order valence-electron chi connectivity index (χ1n) is 9.89. The Bertz CT molecular complexity index is 84.7. The van der Waals surface area contributed by atoms with Gasteiger partial charge in [-0.25, -0.2) is 0 Å². The highest BCUT2D eigenvalue weighted by atomic mass is 16.2. The molecule has 1 aliphatic rings. The minimum absolute atomic E-state index is 1.00. The molecule has 0 atom stereocenters. The lowest BCUT2D eigenvalue weighted by atomic mass is 10.0. The summed E-state index contributed by atoms with van der Waals surface area (Å²) in [6.07, 6.45) is 27.0. The Kier molecular flexibility index (Phi) is 28.4. The van der Waals surface area contributed by atoms with Crippen molar-refractivity contribution in [1.29, 1.82) is 0 Å². The molecular weight excluding hydrogens is 272 g/mol. The van der Waals surface area contributed by atoms with Crippen LogP contribution >= 0.6 is 0 Å². The summed E-state index contributed by atoms with van der Waals surface area (Å²) in [5, 5.41) is 14.0. The molecule has 0 aliphatic heterocycles. The Morgan fingerprint density at radius 2 is 0.273 bits per heavy atom. The van der Waals surface area contributed by atoms with Gasteiger partial charge in [0, 0.05) is 14.2 Å². The summed E-state index contributed by atoms with van der Waals surface area (Å²) in [4.78, 5) is 0. The van der Waals surface area contributed by atoms with Crippen LogP contribution in [0.2, 0.25) is 0 Å². The smallest absolute Gasteiger partial charge is 0.0319 e. The van der Waals surface area contributed by atoms with Gasteiger partial charge in [0.05, 0.1) is 0 Å². The van der Waals surface area contributed by atoms with E-state index in [1.165, 1.54) is 116 Å². The molecule has 2 nitrogen and oxygen atoms in total. The van der Waals surface area contributed by atoms with Crippen LogP contribution in [-0.2, 0) is 0 Å². The minimum atomic E-state index is 1.00. The van der Waals surface area contributed by atoms with Crippen molar-refractivity contribution < 1.29 is 10.2 Å². The quantitative estimate of drug-likeness (QED) is 0.555. The molecule has 0 saturated heterocycles. The molecule has 0 radical (unpaired) electrons. The number of aliphatic hydroxyl groups is 2. The molecule has 136 valence electrons. The maximum absolute atomic E-state index is 7.00. The van der Waals surface area contributed by atoms with Crippen LogP contribution in [0, 0.1) is 0 Å². The third-order valence-electron chi connectivity index (χ3n) is 4.50. The van der Waals surface area contributed by atoms with Crippen molar-refractivity contribution in [3.05, 3.63) is 0 Å². The van der Waals surface area contributed by atoms with Gasteiger partial charge in [-0.3, -0.25) is 0 Å². The van der Waals surface area contributed by atoms with Gasteiger partial charge >= 0.3 is 0 Å². The molecule has 0 aromatic rings. The van der Waals surface area contributed by atoms with Crippen LogP contribution in [0.3, 0.4) is 0 Å². The van der Waals surface area contributed by atoms with E-state index in [9.17, 15) is 0 Å². The first-order valence-corrected chi connectivity index (χ1v) is 9.89. The molecule has 0 spiro atoms. The fraction of sp³-hybridized carbons (Fsp3) is 1.00. The van der Waals surface area contributed by atoms with E-state index < -0.39 is 0 Å². The van der Waals surface area contributed by atoms with Crippen LogP contribution in [0.4, 0.5) is 0 Å². The van der Waals surface area contributed by atoms with Crippen LogP contribution in [0.25, 0.3) is 0 Å². The number of aliphatic hydroxyl groups excluding tert-OH is 2. The van der Waals surface area contributed by atoms with E-state index in [0.717, 1.165) is 14.2 Å². The van der Waals surface area contributed by atoms with Crippen LogP contribution in [0.5, 0.6) is 0 Å². The number of rotatable bonds is 0. The highest BCUT2D eigenvalue weighted by Crippen LogP contribution is 2.16. The summed E-state index contributed by atoms with van der Waals surface area (Å²) < 4.78 is 0. The molecule has 0 bridgehead atoms. The van der Waals surface area contributed by atoms with E-state index in [1.807, 2.05) is 0 Å². The van der Waals surface area contributed by atoms with Crippen molar-refractivity contribution in [2.45, 2.75) is 116 Å². The van der Waals surface area contributed by atoms with Gasteiger partial charge in [0.2, 0.25) is 0 Å². The minimum Gasteiger partial charge on any atom is -0.400 e. The second-order valence-electron chi connectivity index (χ2n) is 6.36. The normalized spacial score (nSPS) is 20.2. The van der Waals surface area contributed by atoms with Gasteiger partial charge in [0.1, 0.15) is 0 Å². The Morgan fingerprint density at radius 1 is 0.227 bits per heavy atom. The van der Waals surface area contributed by atoms with Crippen molar-refractivity contribution in [2.75, 3.05) is 14.2 Å². The zero-order chi connectivity index (χ0) is 16.7. The van der Waals surface area contributed by atoms with Crippen LogP contribution in [-0.4, -0.2) is 24.4 Å². The summed E-state index contributed by atoms with van der Waals surface area (Å²) in [7, 11) is 2.00. The predicted octanol–water partition coefficient (Wildman–Crippen LogP) is 6.24. The molecule has 0 unspecified atom stereocenters. The van der Waals surface area contributed by atoms with Crippen molar-refractivity contribution in [3.8, 4) is 0 Å².